The Labute approximate surface area is 136 Å². The fraction of sp³-hybridized carbons (Fsp3) is 0.0625. The van der Waals surface area contributed by atoms with E-state index in [1.54, 1.807) is 18.0 Å². The number of rotatable bonds is 4. The largest absolute Gasteiger partial charge is 0.398 e. The molecule has 0 aliphatic heterocycles. The molecule has 3 rings (SSSR count). The van der Waals surface area contributed by atoms with E-state index in [2.05, 4.69) is 45.3 Å². The maximum Gasteiger partial charge on any atom is 0.0645 e. The summed E-state index contributed by atoms with van der Waals surface area (Å²) in [7, 11) is 0. The van der Waals surface area contributed by atoms with Crippen LogP contribution in [0.1, 0.15) is 5.56 Å². The Morgan fingerprint density at radius 3 is 2.62 bits per heavy atom. The van der Waals surface area contributed by atoms with Crippen LogP contribution in [0.25, 0.3) is 5.69 Å². The van der Waals surface area contributed by atoms with Gasteiger partial charge >= 0.3 is 0 Å². The van der Waals surface area contributed by atoms with Crippen LogP contribution in [0.2, 0.25) is 0 Å². The summed E-state index contributed by atoms with van der Waals surface area (Å²) in [6.07, 6.45) is 3.71. The minimum absolute atomic E-state index is 0.808. The van der Waals surface area contributed by atoms with Crippen molar-refractivity contribution in [2.75, 3.05) is 5.73 Å². The Bertz CT molecular complexity index is 724. The molecule has 1 aromatic heterocycles. The molecule has 0 amide bonds. The standard InChI is InChI=1S/C16H14BrN3S/c17-13-4-7-16(15(18)10-13)21-11-12-2-5-14(6-3-12)20-9-1-8-19-20/h1-10H,11,18H2. The number of thioether (sulfide) groups is 1. The lowest BCUT2D eigenvalue weighted by molar-refractivity contribution is 0.880. The second kappa shape index (κ2) is 6.37. The molecule has 0 saturated carbocycles. The Balaban J connectivity index is 1.68. The fourth-order valence-corrected chi connectivity index (χ4v) is 3.26. The third-order valence-electron chi connectivity index (χ3n) is 3.07. The molecule has 106 valence electrons. The molecule has 0 bridgehead atoms. The van der Waals surface area contributed by atoms with E-state index in [4.69, 9.17) is 5.73 Å². The van der Waals surface area contributed by atoms with Crippen molar-refractivity contribution in [3.05, 3.63) is 71.0 Å². The lowest BCUT2D eigenvalue weighted by atomic mass is 10.2. The Morgan fingerprint density at radius 1 is 1.14 bits per heavy atom. The third-order valence-corrected chi connectivity index (χ3v) is 4.73. The molecule has 2 aromatic carbocycles. The van der Waals surface area contributed by atoms with Crippen molar-refractivity contribution < 1.29 is 0 Å². The van der Waals surface area contributed by atoms with Crippen LogP contribution in [0.15, 0.2) is 70.3 Å². The average molecular weight is 360 g/mol. The molecule has 0 radical (unpaired) electrons. The molecule has 0 spiro atoms. The average Bonchev–Trinajstić information content (AvgIpc) is 3.01. The molecular weight excluding hydrogens is 346 g/mol. The normalized spacial score (nSPS) is 10.7. The molecular formula is C16H14BrN3S. The first-order valence-corrected chi connectivity index (χ1v) is 8.27. The zero-order chi connectivity index (χ0) is 14.7. The van der Waals surface area contributed by atoms with Crippen LogP contribution in [0.4, 0.5) is 5.69 Å². The lowest BCUT2D eigenvalue weighted by Crippen LogP contribution is -1.94. The summed E-state index contributed by atoms with van der Waals surface area (Å²) in [6, 6.07) is 16.3. The molecule has 21 heavy (non-hydrogen) atoms. The third kappa shape index (κ3) is 3.49. The summed E-state index contributed by atoms with van der Waals surface area (Å²) >= 11 is 5.17. The molecule has 0 aliphatic carbocycles. The van der Waals surface area contributed by atoms with E-state index in [0.29, 0.717) is 0 Å². The van der Waals surface area contributed by atoms with Gasteiger partial charge in [-0.05, 0) is 42.0 Å². The zero-order valence-electron chi connectivity index (χ0n) is 11.2. The summed E-state index contributed by atoms with van der Waals surface area (Å²) in [5.41, 5.74) is 9.15. The monoisotopic (exact) mass is 359 g/mol. The lowest BCUT2D eigenvalue weighted by Gasteiger charge is -2.07. The summed E-state index contributed by atoms with van der Waals surface area (Å²) < 4.78 is 2.86. The number of aromatic nitrogens is 2. The van der Waals surface area contributed by atoms with E-state index in [0.717, 1.165) is 26.5 Å². The molecule has 0 unspecified atom stereocenters. The van der Waals surface area contributed by atoms with E-state index in [-0.39, 0.29) is 0 Å². The van der Waals surface area contributed by atoms with Crippen LogP contribution in [-0.2, 0) is 5.75 Å². The van der Waals surface area contributed by atoms with Gasteiger partial charge in [0.15, 0.2) is 0 Å². The van der Waals surface area contributed by atoms with E-state index in [9.17, 15) is 0 Å². The molecule has 0 fully saturated rings. The van der Waals surface area contributed by atoms with E-state index < -0.39 is 0 Å². The molecule has 0 atom stereocenters. The van der Waals surface area contributed by atoms with Gasteiger partial charge in [-0.15, -0.1) is 11.8 Å². The predicted octanol–water partition coefficient (Wildman–Crippen LogP) is 4.51. The first kappa shape index (κ1) is 14.2. The first-order chi connectivity index (χ1) is 10.2. The van der Waals surface area contributed by atoms with Crippen LogP contribution in [0, 0.1) is 0 Å². The van der Waals surface area contributed by atoms with E-state index >= 15 is 0 Å². The quantitative estimate of drug-likeness (QED) is 0.550. The van der Waals surface area contributed by atoms with Gasteiger partial charge in [-0.2, -0.15) is 5.10 Å². The topological polar surface area (TPSA) is 43.8 Å². The van der Waals surface area contributed by atoms with Gasteiger partial charge in [0, 0.05) is 33.2 Å². The zero-order valence-corrected chi connectivity index (χ0v) is 13.6. The van der Waals surface area contributed by atoms with Crippen LogP contribution in [-0.4, -0.2) is 9.78 Å². The van der Waals surface area contributed by atoms with Gasteiger partial charge in [0.05, 0.1) is 5.69 Å². The summed E-state index contributed by atoms with van der Waals surface area (Å²) in [4.78, 5) is 1.11. The van der Waals surface area contributed by atoms with Gasteiger partial charge in [-0.25, -0.2) is 4.68 Å². The second-order valence-electron chi connectivity index (χ2n) is 4.59. The van der Waals surface area contributed by atoms with Gasteiger partial charge < -0.3 is 5.73 Å². The summed E-state index contributed by atoms with van der Waals surface area (Å²) in [5, 5.41) is 4.22. The number of halogens is 1. The number of nitrogens with zero attached hydrogens (tertiary/aromatic N) is 2. The predicted molar refractivity (Wildman–Crippen MR) is 91.7 cm³/mol. The van der Waals surface area contributed by atoms with Crippen LogP contribution in [0.5, 0.6) is 0 Å². The summed E-state index contributed by atoms with van der Waals surface area (Å²) in [6.45, 7) is 0. The number of nitrogens with two attached hydrogens (primary N) is 1. The van der Waals surface area contributed by atoms with Crippen molar-refractivity contribution in [1.82, 2.24) is 9.78 Å². The first-order valence-electron chi connectivity index (χ1n) is 6.49. The SMILES string of the molecule is Nc1cc(Br)ccc1SCc1ccc(-n2cccn2)cc1. The van der Waals surface area contributed by atoms with E-state index in [1.165, 1.54) is 5.56 Å². The van der Waals surface area contributed by atoms with Crippen molar-refractivity contribution in [2.45, 2.75) is 10.6 Å². The Morgan fingerprint density at radius 2 is 1.95 bits per heavy atom. The molecule has 0 saturated heterocycles. The molecule has 3 aromatic rings. The Kier molecular flexibility index (Phi) is 4.31. The van der Waals surface area contributed by atoms with Gasteiger partial charge in [0.1, 0.15) is 0 Å². The smallest absolute Gasteiger partial charge is 0.0645 e. The summed E-state index contributed by atoms with van der Waals surface area (Å²) in [5.74, 6) is 0.894. The maximum atomic E-state index is 6.01. The van der Waals surface area contributed by atoms with Gasteiger partial charge in [-0.1, -0.05) is 28.1 Å². The van der Waals surface area contributed by atoms with Crippen LogP contribution >= 0.6 is 27.7 Å². The highest BCUT2D eigenvalue weighted by Gasteiger charge is 2.02. The fourth-order valence-electron chi connectivity index (χ4n) is 1.98. The number of hydrogen-bond acceptors (Lipinski definition) is 3. The Hall–Kier alpha value is -1.72. The molecule has 3 nitrogen and oxygen atoms in total. The number of hydrogen-bond donors (Lipinski definition) is 1. The minimum atomic E-state index is 0.808. The van der Waals surface area contributed by atoms with Gasteiger partial charge in [0.2, 0.25) is 0 Å². The number of anilines is 1. The second-order valence-corrected chi connectivity index (χ2v) is 6.52. The van der Waals surface area contributed by atoms with Crippen LogP contribution < -0.4 is 5.73 Å². The minimum Gasteiger partial charge on any atom is -0.398 e. The molecule has 1 heterocycles. The molecule has 0 aliphatic rings. The highest BCUT2D eigenvalue weighted by Crippen LogP contribution is 2.30. The van der Waals surface area contributed by atoms with E-state index in [1.807, 2.05) is 35.1 Å². The van der Waals surface area contributed by atoms with Crippen molar-refractivity contribution in [3.8, 4) is 5.69 Å². The highest BCUT2D eigenvalue weighted by molar-refractivity contribution is 9.10. The number of benzene rings is 2. The van der Waals surface area contributed by atoms with Crippen molar-refractivity contribution in [3.63, 3.8) is 0 Å². The molecule has 5 heteroatoms. The van der Waals surface area contributed by atoms with Crippen molar-refractivity contribution in [2.24, 2.45) is 0 Å². The van der Waals surface area contributed by atoms with Crippen molar-refractivity contribution in [1.29, 1.82) is 0 Å². The van der Waals surface area contributed by atoms with Crippen molar-refractivity contribution >= 4 is 33.4 Å². The van der Waals surface area contributed by atoms with Gasteiger partial charge in [-0.3, -0.25) is 0 Å². The van der Waals surface area contributed by atoms with Gasteiger partial charge in [0.25, 0.3) is 0 Å². The highest BCUT2D eigenvalue weighted by atomic mass is 79.9. The number of nitrogen functional groups attached to an aromatic ring is 1. The maximum absolute atomic E-state index is 6.01. The van der Waals surface area contributed by atoms with Crippen LogP contribution in [0.3, 0.4) is 0 Å². The molecule has 2 N–H and O–H groups in total.